The average molecular weight is 297 g/mol. The number of nitriles is 1. The molecule has 0 fully saturated rings. The lowest BCUT2D eigenvalue weighted by atomic mass is 10.2. The number of nitrogens with zero attached hydrogens (tertiary/aromatic N) is 1. The fourth-order valence-corrected chi connectivity index (χ4v) is 2.08. The van der Waals surface area contributed by atoms with Crippen LogP contribution in [0.1, 0.15) is 26.3 Å². The van der Waals surface area contributed by atoms with E-state index in [1.807, 2.05) is 16.3 Å². The van der Waals surface area contributed by atoms with Crippen molar-refractivity contribution in [3.05, 3.63) is 29.8 Å². The maximum Gasteiger partial charge on any atom is 0.423 e. The lowest BCUT2D eigenvalue weighted by Crippen LogP contribution is -2.44. The van der Waals surface area contributed by atoms with Gasteiger partial charge in [-0.1, -0.05) is 6.07 Å². The summed E-state index contributed by atoms with van der Waals surface area (Å²) in [6, 6.07) is 7.23. The van der Waals surface area contributed by atoms with E-state index in [2.05, 4.69) is 0 Å². The molecule has 1 rings (SSSR count). The number of hydrogen-bond donors (Lipinski definition) is 2. The molecule has 0 aliphatic heterocycles. The number of hydrazine groups is 1. The second kappa shape index (κ2) is 5.90. The highest BCUT2D eigenvalue weighted by molar-refractivity contribution is 7.89. The van der Waals surface area contributed by atoms with E-state index >= 15 is 0 Å². The van der Waals surface area contributed by atoms with Gasteiger partial charge in [0.25, 0.3) is 10.0 Å². The van der Waals surface area contributed by atoms with Crippen LogP contribution in [0.5, 0.6) is 0 Å². The first-order valence-electron chi connectivity index (χ1n) is 5.65. The Kier molecular flexibility index (Phi) is 4.70. The first-order valence-corrected chi connectivity index (χ1v) is 7.13. The Balaban J connectivity index is 2.76. The summed E-state index contributed by atoms with van der Waals surface area (Å²) in [5.74, 6) is 0. The van der Waals surface area contributed by atoms with Crippen molar-refractivity contribution in [2.45, 2.75) is 31.3 Å². The van der Waals surface area contributed by atoms with E-state index in [1.54, 1.807) is 20.8 Å². The fourth-order valence-electron chi connectivity index (χ4n) is 1.20. The van der Waals surface area contributed by atoms with Crippen LogP contribution in [0.4, 0.5) is 4.79 Å². The molecule has 8 heteroatoms. The Hall–Kier alpha value is -2.11. The van der Waals surface area contributed by atoms with Crippen LogP contribution in [0.2, 0.25) is 0 Å². The monoisotopic (exact) mass is 297 g/mol. The Morgan fingerprint density at radius 3 is 2.55 bits per heavy atom. The molecule has 0 atom stereocenters. The molecule has 1 amide bonds. The predicted molar refractivity (Wildman–Crippen MR) is 70.8 cm³/mol. The lowest BCUT2D eigenvalue weighted by Gasteiger charge is -2.19. The number of amides is 1. The summed E-state index contributed by atoms with van der Waals surface area (Å²) < 4.78 is 28.6. The van der Waals surface area contributed by atoms with Crippen molar-refractivity contribution in [3.63, 3.8) is 0 Å². The molecular weight excluding hydrogens is 282 g/mol. The maximum absolute atomic E-state index is 11.9. The van der Waals surface area contributed by atoms with Crippen molar-refractivity contribution < 1.29 is 17.9 Å². The molecule has 108 valence electrons. The van der Waals surface area contributed by atoms with Crippen LogP contribution in [0.25, 0.3) is 0 Å². The first-order chi connectivity index (χ1) is 9.14. The largest absolute Gasteiger partial charge is 0.443 e. The number of sulfonamides is 1. The van der Waals surface area contributed by atoms with Gasteiger partial charge >= 0.3 is 6.09 Å². The van der Waals surface area contributed by atoms with Crippen molar-refractivity contribution in [2.24, 2.45) is 0 Å². The number of rotatable bonds is 3. The normalized spacial score (nSPS) is 11.5. The van der Waals surface area contributed by atoms with Crippen LogP contribution < -0.4 is 10.3 Å². The number of hydrogen-bond acceptors (Lipinski definition) is 5. The quantitative estimate of drug-likeness (QED) is 0.817. The van der Waals surface area contributed by atoms with Gasteiger partial charge in [0.1, 0.15) is 5.60 Å². The highest BCUT2D eigenvalue weighted by Gasteiger charge is 2.19. The van der Waals surface area contributed by atoms with Crippen LogP contribution in [0.15, 0.2) is 29.2 Å². The molecule has 0 spiro atoms. The van der Waals surface area contributed by atoms with Crippen LogP contribution in [0.3, 0.4) is 0 Å². The van der Waals surface area contributed by atoms with Crippen molar-refractivity contribution in [1.82, 2.24) is 10.3 Å². The van der Waals surface area contributed by atoms with E-state index in [1.165, 1.54) is 24.3 Å². The molecule has 0 aromatic heterocycles. The summed E-state index contributed by atoms with van der Waals surface area (Å²) in [7, 11) is -3.96. The minimum Gasteiger partial charge on any atom is -0.443 e. The molecule has 0 saturated carbocycles. The first kappa shape index (κ1) is 15.9. The van der Waals surface area contributed by atoms with Crippen LogP contribution in [0, 0.1) is 11.3 Å². The molecule has 2 N–H and O–H groups in total. The molecule has 0 aliphatic rings. The molecule has 7 nitrogen and oxygen atoms in total. The fraction of sp³-hybridized carbons (Fsp3) is 0.333. The van der Waals surface area contributed by atoms with E-state index in [0.717, 1.165) is 0 Å². The number of ether oxygens (including phenoxy) is 1. The Bertz CT molecular complexity index is 641. The third-order valence-corrected chi connectivity index (χ3v) is 3.21. The van der Waals surface area contributed by atoms with Gasteiger partial charge in [0.05, 0.1) is 16.5 Å². The van der Waals surface area contributed by atoms with Gasteiger partial charge in [-0.3, -0.25) is 0 Å². The molecule has 1 aromatic carbocycles. The highest BCUT2D eigenvalue weighted by atomic mass is 32.2. The van der Waals surface area contributed by atoms with Crippen LogP contribution >= 0.6 is 0 Å². The minimum atomic E-state index is -3.96. The summed E-state index contributed by atoms with van der Waals surface area (Å²) >= 11 is 0. The van der Waals surface area contributed by atoms with Gasteiger partial charge in [0.2, 0.25) is 0 Å². The van der Waals surface area contributed by atoms with Gasteiger partial charge in [-0.2, -0.15) is 5.26 Å². The Labute approximate surface area is 117 Å². The zero-order valence-corrected chi connectivity index (χ0v) is 12.1. The van der Waals surface area contributed by atoms with E-state index in [9.17, 15) is 13.2 Å². The standard InChI is InChI=1S/C12H15N3O4S/c1-12(2,3)19-11(16)14-15-20(17,18)10-6-4-5-9(7-10)8-13/h4-7,15H,1-3H3,(H,14,16). The summed E-state index contributed by atoms with van der Waals surface area (Å²) in [6.45, 7) is 4.95. The van der Waals surface area contributed by atoms with Gasteiger partial charge in [-0.25, -0.2) is 18.6 Å². The molecule has 0 aliphatic carbocycles. The van der Waals surface area contributed by atoms with E-state index < -0.39 is 21.7 Å². The van der Waals surface area contributed by atoms with Crippen molar-refractivity contribution in [3.8, 4) is 6.07 Å². The van der Waals surface area contributed by atoms with Crippen LogP contribution in [-0.2, 0) is 14.8 Å². The molecule has 0 heterocycles. The molecule has 20 heavy (non-hydrogen) atoms. The Morgan fingerprint density at radius 2 is 2.00 bits per heavy atom. The van der Waals surface area contributed by atoms with E-state index in [-0.39, 0.29) is 10.5 Å². The molecule has 0 unspecified atom stereocenters. The maximum atomic E-state index is 11.9. The second-order valence-corrected chi connectivity index (χ2v) is 6.55. The smallest absolute Gasteiger partial charge is 0.423 e. The van der Waals surface area contributed by atoms with Gasteiger partial charge in [0, 0.05) is 0 Å². The number of benzene rings is 1. The number of carbonyl (C=O) groups is 1. The topological polar surface area (TPSA) is 108 Å². The second-order valence-electron chi connectivity index (χ2n) is 4.87. The molecule has 0 radical (unpaired) electrons. The number of nitrogens with one attached hydrogen (secondary N) is 2. The van der Waals surface area contributed by atoms with Gasteiger partial charge in [-0.05, 0) is 39.0 Å². The average Bonchev–Trinajstić information content (AvgIpc) is 2.35. The van der Waals surface area contributed by atoms with Crippen molar-refractivity contribution in [2.75, 3.05) is 0 Å². The summed E-state index contributed by atoms with van der Waals surface area (Å²) in [5.41, 5.74) is 1.39. The number of carbonyl (C=O) groups excluding carboxylic acids is 1. The lowest BCUT2D eigenvalue weighted by molar-refractivity contribution is 0.0515. The zero-order chi connectivity index (χ0) is 15.4. The SMILES string of the molecule is CC(C)(C)OC(=O)NNS(=O)(=O)c1cccc(C#N)c1. The Morgan fingerprint density at radius 1 is 1.35 bits per heavy atom. The summed E-state index contributed by atoms with van der Waals surface area (Å²) in [6.07, 6.45) is -0.919. The van der Waals surface area contributed by atoms with E-state index in [0.29, 0.717) is 0 Å². The minimum absolute atomic E-state index is 0.132. The third kappa shape index (κ3) is 4.87. The van der Waals surface area contributed by atoms with Gasteiger partial charge in [0.15, 0.2) is 0 Å². The molecule has 0 saturated heterocycles. The zero-order valence-electron chi connectivity index (χ0n) is 11.3. The summed E-state index contributed by atoms with van der Waals surface area (Å²) in [5, 5.41) is 8.72. The molecule has 1 aromatic rings. The molecule has 0 bridgehead atoms. The van der Waals surface area contributed by atoms with Gasteiger partial charge < -0.3 is 4.74 Å². The highest BCUT2D eigenvalue weighted by Crippen LogP contribution is 2.10. The van der Waals surface area contributed by atoms with E-state index in [4.69, 9.17) is 10.00 Å². The predicted octanol–water partition coefficient (Wildman–Crippen LogP) is 1.28. The van der Waals surface area contributed by atoms with Gasteiger partial charge in [-0.15, -0.1) is 4.83 Å². The molecular formula is C12H15N3O4S. The third-order valence-electron chi connectivity index (χ3n) is 1.96. The van der Waals surface area contributed by atoms with Crippen molar-refractivity contribution >= 4 is 16.1 Å². The van der Waals surface area contributed by atoms with Crippen LogP contribution in [-0.4, -0.2) is 20.1 Å². The summed E-state index contributed by atoms with van der Waals surface area (Å²) in [4.78, 5) is 13.1. The van der Waals surface area contributed by atoms with Crippen molar-refractivity contribution in [1.29, 1.82) is 5.26 Å².